The van der Waals surface area contributed by atoms with Gasteiger partial charge in [-0.15, -0.1) is 0 Å². The number of hydrogen-bond acceptors (Lipinski definition) is 1. The Morgan fingerprint density at radius 3 is 2.16 bits per heavy atom. The number of benzene rings is 6. The molecule has 0 atom stereocenters. The first-order chi connectivity index (χ1) is 25.1. The highest BCUT2D eigenvalue weighted by molar-refractivity contribution is 6.24. The van der Waals surface area contributed by atoms with Gasteiger partial charge in [-0.05, 0) is 56.8 Å². The van der Waals surface area contributed by atoms with Crippen LogP contribution in [0.2, 0.25) is 0 Å². The van der Waals surface area contributed by atoms with E-state index in [1.54, 1.807) is 0 Å². The molecule has 0 spiro atoms. The SMILES string of the molecule is C=C/C(=C\C=C\c1c(C(=N)/N=C(\N)c2ccccc2)c2ccccc2c2ccccc12)C1=Cc2c(c3cccc4c5ccccc5n2c34)C=CC1. The first kappa shape index (κ1) is 30.3. The fraction of sp³-hybridized carbons (Fsp3) is 0.0213. The molecule has 0 radical (unpaired) electrons. The summed E-state index contributed by atoms with van der Waals surface area (Å²) in [5.74, 6) is 0.429. The fourth-order valence-corrected chi connectivity index (χ4v) is 7.79. The lowest BCUT2D eigenvalue weighted by atomic mass is 9.90. The van der Waals surface area contributed by atoms with Crippen LogP contribution in [0.15, 0.2) is 168 Å². The molecule has 4 nitrogen and oxygen atoms in total. The van der Waals surface area contributed by atoms with Crippen LogP contribution in [0, 0.1) is 5.41 Å². The normalized spacial score (nSPS) is 13.8. The van der Waals surface area contributed by atoms with Crippen molar-refractivity contribution in [1.82, 2.24) is 4.40 Å². The molecule has 0 fully saturated rings. The van der Waals surface area contributed by atoms with Crippen molar-refractivity contribution in [3.05, 3.63) is 191 Å². The minimum absolute atomic E-state index is 0.119. The second kappa shape index (κ2) is 12.3. The Morgan fingerprint density at radius 2 is 1.37 bits per heavy atom. The molecule has 242 valence electrons. The minimum Gasteiger partial charge on any atom is -0.383 e. The summed E-state index contributed by atoms with van der Waals surface area (Å²) in [7, 11) is 0. The molecule has 0 bridgehead atoms. The Labute approximate surface area is 296 Å². The van der Waals surface area contributed by atoms with E-state index in [0.29, 0.717) is 5.84 Å². The van der Waals surface area contributed by atoms with Gasteiger partial charge in [0.2, 0.25) is 0 Å². The summed E-state index contributed by atoms with van der Waals surface area (Å²) >= 11 is 0. The third kappa shape index (κ3) is 4.92. The van der Waals surface area contributed by atoms with Crippen LogP contribution in [0.4, 0.5) is 0 Å². The van der Waals surface area contributed by atoms with E-state index in [1.807, 2.05) is 54.6 Å². The topological polar surface area (TPSA) is 66.6 Å². The molecular formula is C47H34N4. The van der Waals surface area contributed by atoms with Crippen molar-refractivity contribution < 1.29 is 0 Å². The molecule has 1 aliphatic rings. The summed E-state index contributed by atoms with van der Waals surface area (Å²) in [5, 5.41) is 17.3. The zero-order valence-corrected chi connectivity index (χ0v) is 28.0. The second-order valence-electron chi connectivity index (χ2n) is 12.9. The van der Waals surface area contributed by atoms with Crippen molar-refractivity contribution in [2.24, 2.45) is 10.7 Å². The maximum Gasteiger partial charge on any atom is 0.155 e. The number of hydrogen-bond donors (Lipinski definition) is 2. The quantitative estimate of drug-likeness (QED) is 0.0797. The van der Waals surface area contributed by atoms with Gasteiger partial charge in [0.25, 0.3) is 0 Å². The van der Waals surface area contributed by atoms with Gasteiger partial charge < -0.3 is 10.1 Å². The third-order valence-electron chi connectivity index (χ3n) is 10.1. The first-order valence-corrected chi connectivity index (χ1v) is 17.2. The number of fused-ring (bicyclic) bond motifs is 9. The molecule has 0 saturated heterocycles. The molecule has 9 rings (SSSR count). The molecule has 0 saturated carbocycles. The van der Waals surface area contributed by atoms with Crippen LogP contribution in [-0.2, 0) is 0 Å². The number of aromatic nitrogens is 1. The number of rotatable bonds is 6. The highest BCUT2D eigenvalue weighted by Crippen LogP contribution is 2.41. The summed E-state index contributed by atoms with van der Waals surface area (Å²) in [4.78, 5) is 4.65. The van der Waals surface area contributed by atoms with Gasteiger partial charge in [0.05, 0.1) is 16.7 Å². The number of nitrogens with zero attached hydrogens (tertiary/aromatic N) is 2. The van der Waals surface area contributed by atoms with Gasteiger partial charge in [-0.3, -0.25) is 5.41 Å². The smallest absolute Gasteiger partial charge is 0.155 e. The summed E-state index contributed by atoms with van der Waals surface area (Å²) in [6, 6.07) is 41.5. The van der Waals surface area contributed by atoms with Gasteiger partial charge in [0.15, 0.2) is 5.84 Å². The number of nitrogens with one attached hydrogen (secondary N) is 1. The minimum atomic E-state index is 0.119. The van der Waals surface area contributed by atoms with Crippen LogP contribution < -0.4 is 5.73 Å². The van der Waals surface area contributed by atoms with Crippen molar-refractivity contribution >= 4 is 78.6 Å². The molecule has 0 aliphatic heterocycles. The standard InChI is InChI=1S/C47H34N4/c1-2-30(32-18-13-24-37-41-27-14-26-40-36-22-10-11-28-42(36)51(45(40)41)43(37)29-32)17-12-25-39-35-20-7-6-19-33(35)34-21-8-9-23-38(34)44(39)47(49)50-46(48)31-15-4-3-5-16-31/h2-17,19-29H,1,18H2,(H3,48,49,50)/b25-12+,30-17+. The third-order valence-corrected chi connectivity index (χ3v) is 10.1. The van der Waals surface area contributed by atoms with E-state index in [2.05, 4.69) is 125 Å². The molecule has 6 aromatic carbocycles. The highest BCUT2D eigenvalue weighted by atomic mass is 14.9. The maximum absolute atomic E-state index is 9.31. The zero-order valence-electron chi connectivity index (χ0n) is 28.0. The van der Waals surface area contributed by atoms with E-state index in [9.17, 15) is 5.41 Å². The molecule has 2 heterocycles. The van der Waals surface area contributed by atoms with Gasteiger partial charge in [-0.25, -0.2) is 4.99 Å². The largest absolute Gasteiger partial charge is 0.383 e. The molecule has 3 N–H and O–H groups in total. The van der Waals surface area contributed by atoms with E-state index in [-0.39, 0.29) is 5.84 Å². The lowest BCUT2D eigenvalue weighted by Gasteiger charge is -2.15. The van der Waals surface area contributed by atoms with Crippen LogP contribution in [0.1, 0.15) is 34.4 Å². The molecular weight excluding hydrogens is 621 g/mol. The van der Waals surface area contributed by atoms with Crippen LogP contribution >= 0.6 is 0 Å². The molecule has 0 unspecified atom stereocenters. The number of aliphatic imine (C=N–C) groups is 1. The van der Waals surface area contributed by atoms with Crippen molar-refractivity contribution in [1.29, 1.82) is 5.41 Å². The lowest BCUT2D eigenvalue weighted by molar-refractivity contribution is 1.24. The zero-order chi connectivity index (χ0) is 34.5. The molecule has 51 heavy (non-hydrogen) atoms. The van der Waals surface area contributed by atoms with E-state index >= 15 is 0 Å². The average Bonchev–Trinajstić information content (AvgIpc) is 3.58. The highest BCUT2D eigenvalue weighted by Gasteiger charge is 2.21. The van der Waals surface area contributed by atoms with E-state index in [0.717, 1.165) is 50.2 Å². The Balaban J connectivity index is 1.19. The van der Waals surface area contributed by atoms with Gasteiger partial charge in [0, 0.05) is 32.8 Å². The van der Waals surface area contributed by atoms with Gasteiger partial charge in [-0.2, -0.15) is 0 Å². The predicted molar refractivity (Wildman–Crippen MR) is 218 cm³/mol. The second-order valence-corrected chi connectivity index (χ2v) is 12.9. The summed E-state index contributed by atoms with van der Waals surface area (Å²) in [6.45, 7) is 4.24. The van der Waals surface area contributed by atoms with Gasteiger partial charge in [0.1, 0.15) is 5.84 Å². The van der Waals surface area contributed by atoms with Crippen LogP contribution in [-0.4, -0.2) is 16.1 Å². The van der Waals surface area contributed by atoms with E-state index < -0.39 is 0 Å². The molecule has 1 aliphatic carbocycles. The number of nitrogens with two attached hydrogens (primary N) is 1. The first-order valence-electron chi connectivity index (χ1n) is 17.2. The number of allylic oxidation sites excluding steroid dienone is 6. The lowest BCUT2D eigenvalue weighted by Crippen LogP contribution is -2.16. The Morgan fingerprint density at radius 1 is 0.725 bits per heavy atom. The Bertz CT molecular complexity index is 2860. The number of amidine groups is 2. The maximum atomic E-state index is 9.31. The predicted octanol–water partition coefficient (Wildman–Crippen LogP) is 11.3. The molecule has 0 amide bonds. The molecule has 2 aromatic heterocycles. The van der Waals surface area contributed by atoms with Gasteiger partial charge in [-0.1, -0.05) is 158 Å². The monoisotopic (exact) mass is 654 g/mol. The average molecular weight is 655 g/mol. The summed E-state index contributed by atoms with van der Waals surface area (Å²) in [5.41, 5.74) is 16.1. The number of para-hydroxylation sites is 2. The summed E-state index contributed by atoms with van der Waals surface area (Å²) in [6.07, 6.45) is 15.9. The summed E-state index contributed by atoms with van der Waals surface area (Å²) < 4.78 is 2.42. The van der Waals surface area contributed by atoms with Crippen LogP contribution in [0.25, 0.3) is 67.0 Å². The van der Waals surface area contributed by atoms with Crippen molar-refractivity contribution in [2.45, 2.75) is 6.42 Å². The molecule has 8 aromatic rings. The van der Waals surface area contributed by atoms with Crippen LogP contribution in [0.5, 0.6) is 0 Å². The Kier molecular flexibility index (Phi) is 7.29. The fourth-order valence-electron chi connectivity index (χ4n) is 7.79. The Hall–Kier alpha value is -6.78. The van der Waals surface area contributed by atoms with Gasteiger partial charge >= 0.3 is 0 Å². The van der Waals surface area contributed by atoms with Crippen molar-refractivity contribution in [3.8, 4) is 0 Å². The molecule has 4 heteroatoms. The van der Waals surface area contributed by atoms with Crippen molar-refractivity contribution in [2.75, 3.05) is 0 Å². The van der Waals surface area contributed by atoms with Crippen LogP contribution in [0.3, 0.4) is 0 Å². The van der Waals surface area contributed by atoms with E-state index in [1.165, 1.54) is 44.0 Å². The van der Waals surface area contributed by atoms with E-state index in [4.69, 9.17) is 5.73 Å². The van der Waals surface area contributed by atoms with Crippen molar-refractivity contribution in [3.63, 3.8) is 0 Å².